The highest BCUT2D eigenvalue weighted by Gasteiger charge is 2.28. The molecule has 2 rings (SSSR count). The van der Waals surface area contributed by atoms with E-state index in [9.17, 15) is 14.4 Å². The number of halogens is 1. The van der Waals surface area contributed by atoms with E-state index in [1.165, 1.54) is 0 Å². The molecule has 19 heavy (non-hydrogen) atoms. The summed E-state index contributed by atoms with van der Waals surface area (Å²) < 4.78 is 1.10. The number of fused-ring (bicyclic) bond motifs is 1. The molecule has 8 heteroatoms. The number of hydrogen-bond acceptors (Lipinski definition) is 4. The normalized spacial score (nSPS) is 18.1. The number of nitrogens with two attached hydrogens (primary N) is 1. The third-order valence-corrected chi connectivity index (χ3v) is 3.44. The van der Waals surface area contributed by atoms with Gasteiger partial charge in [0.2, 0.25) is 5.91 Å². The van der Waals surface area contributed by atoms with Crippen molar-refractivity contribution >= 4 is 17.5 Å². The van der Waals surface area contributed by atoms with Crippen molar-refractivity contribution in [2.45, 2.75) is 25.4 Å². The third kappa shape index (κ3) is 2.57. The van der Waals surface area contributed by atoms with Gasteiger partial charge in [-0.2, -0.15) is 0 Å². The van der Waals surface area contributed by atoms with Gasteiger partial charge in [-0.3, -0.25) is 14.2 Å². The van der Waals surface area contributed by atoms with Crippen LogP contribution in [0.2, 0.25) is 0 Å². The van der Waals surface area contributed by atoms with Crippen molar-refractivity contribution < 1.29 is 4.79 Å². The number of aromatic amines is 1. The molecule has 1 aromatic rings. The number of aromatic nitrogens is 2. The second kappa shape index (κ2) is 5.58. The number of H-pyrrole nitrogens is 1. The summed E-state index contributed by atoms with van der Waals surface area (Å²) >= 11 is 5.56. The van der Waals surface area contributed by atoms with Gasteiger partial charge in [-0.15, -0.1) is 11.6 Å². The molecule has 0 bridgehead atoms. The largest absolute Gasteiger partial charge is 0.369 e. The number of carbonyl (C=O) groups excluding carboxylic acids is 1. The van der Waals surface area contributed by atoms with E-state index < -0.39 is 17.5 Å². The van der Waals surface area contributed by atoms with Gasteiger partial charge in [0, 0.05) is 31.2 Å². The average molecular weight is 287 g/mol. The average Bonchev–Trinajstić information content (AvgIpc) is 2.37. The Balaban J connectivity index is 2.54. The Labute approximate surface area is 113 Å². The molecule has 7 nitrogen and oxygen atoms in total. The zero-order chi connectivity index (χ0) is 14.0. The Morgan fingerprint density at radius 3 is 2.84 bits per heavy atom. The maximum absolute atomic E-state index is 12.2. The molecule has 0 saturated carbocycles. The fourth-order valence-corrected chi connectivity index (χ4v) is 2.32. The maximum Gasteiger partial charge on any atom is 0.328 e. The summed E-state index contributed by atoms with van der Waals surface area (Å²) in [5, 5.41) is 2.95. The molecule has 0 aromatic carbocycles. The first kappa shape index (κ1) is 13.8. The molecule has 0 aliphatic carbocycles. The van der Waals surface area contributed by atoms with Crippen molar-refractivity contribution in [2.24, 2.45) is 5.73 Å². The minimum Gasteiger partial charge on any atom is -0.369 e. The number of hydrogen-bond donors (Lipinski definition) is 3. The fraction of sp³-hybridized carbons (Fsp3) is 0.545. The first-order valence-corrected chi connectivity index (χ1v) is 6.51. The van der Waals surface area contributed by atoms with Gasteiger partial charge in [-0.05, 0) is 6.42 Å². The molecule has 0 spiro atoms. The first-order chi connectivity index (χ1) is 9.06. The van der Waals surface area contributed by atoms with Crippen molar-refractivity contribution in [3.63, 3.8) is 0 Å². The number of rotatable bonds is 4. The van der Waals surface area contributed by atoms with Crippen LogP contribution in [0.15, 0.2) is 9.59 Å². The van der Waals surface area contributed by atoms with Crippen molar-refractivity contribution in [1.29, 1.82) is 0 Å². The van der Waals surface area contributed by atoms with Crippen LogP contribution in [0.3, 0.4) is 0 Å². The predicted octanol–water partition coefficient (Wildman–Crippen LogP) is -1.16. The summed E-state index contributed by atoms with van der Waals surface area (Å²) in [4.78, 5) is 38.0. The topological polar surface area (TPSA) is 110 Å². The first-order valence-electron chi connectivity index (χ1n) is 5.98. The van der Waals surface area contributed by atoms with Crippen LogP contribution in [0.4, 0.5) is 0 Å². The van der Waals surface area contributed by atoms with Gasteiger partial charge in [0.25, 0.3) is 5.56 Å². The Kier molecular flexibility index (Phi) is 4.06. The maximum atomic E-state index is 12.2. The Hall–Kier alpha value is -1.60. The van der Waals surface area contributed by atoms with Gasteiger partial charge in [0.05, 0.1) is 11.5 Å². The van der Waals surface area contributed by atoms with Crippen LogP contribution in [0.5, 0.6) is 0 Å². The Morgan fingerprint density at radius 2 is 2.21 bits per heavy atom. The van der Waals surface area contributed by atoms with E-state index in [0.717, 1.165) is 4.57 Å². The number of nitrogens with zero attached hydrogens (tertiary/aromatic N) is 1. The van der Waals surface area contributed by atoms with Gasteiger partial charge in [-0.25, -0.2) is 4.79 Å². The SMILES string of the molecule is NC(=O)C1CNCc2c1[nH]c(=O)n(CCCCl)c2=O. The molecule has 0 radical (unpaired) electrons. The molecular formula is C11H15ClN4O3. The van der Waals surface area contributed by atoms with E-state index in [4.69, 9.17) is 17.3 Å². The summed E-state index contributed by atoms with van der Waals surface area (Å²) in [5.41, 5.74) is 5.09. The lowest BCUT2D eigenvalue weighted by molar-refractivity contribution is -0.119. The quantitative estimate of drug-likeness (QED) is 0.606. The van der Waals surface area contributed by atoms with Crippen molar-refractivity contribution in [3.8, 4) is 0 Å². The number of nitrogens with one attached hydrogen (secondary N) is 2. The molecule has 104 valence electrons. The van der Waals surface area contributed by atoms with Crippen molar-refractivity contribution in [1.82, 2.24) is 14.9 Å². The highest BCUT2D eigenvalue weighted by Crippen LogP contribution is 2.17. The van der Waals surface area contributed by atoms with E-state index in [1.807, 2.05) is 0 Å². The lowest BCUT2D eigenvalue weighted by Gasteiger charge is -2.23. The van der Waals surface area contributed by atoms with Gasteiger partial charge in [0.15, 0.2) is 0 Å². The Morgan fingerprint density at radius 1 is 1.47 bits per heavy atom. The molecule has 0 fully saturated rings. The molecule has 0 saturated heterocycles. The summed E-state index contributed by atoms with van der Waals surface area (Å²) in [6, 6.07) is 0. The van der Waals surface area contributed by atoms with Crippen molar-refractivity contribution in [2.75, 3.05) is 12.4 Å². The molecule has 1 aliphatic rings. The lowest BCUT2D eigenvalue weighted by atomic mass is 9.96. The van der Waals surface area contributed by atoms with Crippen molar-refractivity contribution in [3.05, 3.63) is 32.1 Å². The minimum atomic E-state index is -0.674. The second-order valence-corrected chi connectivity index (χ2v) is 4.79. The van der Waals surface area contributed by atoms with Crippen LogP contribution in [-0.4, -0.2) is 27.9 Å². The molecule has 1 amide bonds. The molecule has 1 aromatic heterocycles. The van der Waals surface area contributed by atoms with E-state index >= 15 is 0 Å². The van der Waals surface area contributed by atoms with Crippen LogP contribution in [0.25, 0.3) is 0 Å². The molecule has 2 heterocycles. The van der Waals surface area contributed by atoms with Crippen LogP contribution < -0.4 is 22.3 Å². The van der Waals surface area contributed by atoms with Gasteiger partial charge in [0.1, 0.15) is 0 Å². The number of carbonyl (C=O) groups is 1. The summed E-state index contributed by atoms with van der Waals surface area (Å²) in [6.45, 7) is 0.894. The predicted molar refractivity (Wildman–Crippen MR) is 70.3 cm³/mol. The third-order valence-electron chi connectivity index (χ3n) is 3.17. The summed E-state index contributed by atoms with van der Waals surface area (Å²) in [6.07, 6.45) is 0.524. The molecule has 1 aliphatic heterocycles. The smallest absolute Gasteiger partial charge is 0.328 e. The van der Waals surface area contributed by atoms with Crippen LogP contribution in [0, 0.1) is 0 Å². The van der Waals surface area contributed by atoms with Gasteiger partial charge in [-0.1, -0.05) is 0 Å². The monoisotopic (exact) mass is 286 g/mol. The second-order valence-electron chi connectivity index (χ2n) is 4.41. The summed E-state index contributed by atoms with van der Waals surface area (Å²) in [5.74, 6) is -0.876. The van der Waals surface area contributed by atoms with Crippen LogP contribution >= 0.6 is 11.6 Å². The fourth-order valence-electron chi connectivity index (χ4n) is 2.20. The molecular weight excluding hydrogens is 272 g/mol. The minimum absolute atomic E-state index is 0.256. The highest BCUT2D eigenvalue weighted by molar-refractivity contribution is 6.17. The Bertz CT molecular complexity index is 607. The van der Waals surface area contributed by atoms with Gasteiger partial charge >= 0.3 is 5.69 Å². The molecule has 1 unspecified atom stereocenters. The van der Waals surface area contributed by atoms with E-state index in [2.05, 4.69) is 10.3 Å². The van der Waals surface area contributed by atoms with Crippen LogP contribution in [0.1, 0.15) is 23.6 Å². The lowest BCUT2D eigenvalue weighted by Crippen LogP contribution is -2.46. The highest BCUT2D eigenvalue weighted by atomic mass is 35.5. The van der Waals surface area contributed by atoms with E-state index in [0.29, 0.717) is 36.6 Å². The standard InChI is InChI=1S/C11H15ClN4O3/c12-2-1-3-16-10(18)7-5-14-4-6(9(13)17)8(7)15-11(16)19/h6,14H,1-5H2,(H2,13,17)(H,15,19). The molecule has 1 atom stereocenters. The van der Waals surface area contributed by atoms with Gasteiger partial charge < -0.3 is 16.0 Å². The summed E-state index contributed by atoms with van der Waals surface area (Å²) in [7, 11) is 0. The molecule has 4 N–H and O–H groups in total. The van der Waals surface area contributed by atoms with E-state index in [-0.39, 0.29) is 12.1 Å². The zero-order valence-electron chi connectivity index (χ0n) is 10.2. The van der Waals surface area contributed by atoms with E-state index in [1.54, 1.807) is 0 Å². The zero-order valence-corrected chi connectivity index (χ0v) is 11.0. The number of alkyl halides is 1. The number of amides is 1. The van der Waals surface area contributed by atoms with Crippen LogP contribution in [-0.2, 0) is 17.9 Å². The number of primary amides is 1.